The van der Waals surface area contributed by atoms with Crippen LogP contribution in [0.5, 0.6) is 0 Å². The minimum atomic E-state index is -0.502. The summed E-state index contributed by atoms with van der Waals surface area (Å²) in [4.78, 5) is 12.3. The predicted molar refractivity (Wildman–Crippen MR) is 94.1 cm³/mol. The second-order valence-corrected chi connectivity index (χ2v) is 6.76. The first-order valence-electron chi connectivity index (χ1n) is 7.27. The lowest BCUT2D eigenvalue weighted by molar-refractivity contribution is 0.0617. The van der Waals surface area contributed by atoms with E-state index >= 15 is 0 Å². The Morgan fingerprint density at radius 2 is 1.78 bits per heavy atom. The Balaban J connectivity index is 1.89. The van der Waals surface area contributed by atoms with Crippen LogP contribution >= 0.6 is 23.2 Å². The molecule has 0 aliphatic rings. The highest BCUT2D eigenvalue weighted by molar-refractivity contribution is 6.42. The van der Waals surface area contributed by atoms with Gasteiger partial charge >= 0.3 is 0 Å². The maximum Gasteiger partial charge on any atom is 0.251 e. The van der Waals surface area contributed by atoms with Crippen molar-refractivity contribution in [1.82, 2.24) is 5.32 Å². The van der Waals surface area contributed by atoms with Crippen LogP contribution in [0, 0.1) is 0 Å². The molecule has 5 heteroatoms. The average Bonchev–Trinajstić information content (AvgIpc) is 2.50. The van der Waals surface area contributed by atoms with Crippen molar-refractivity contribution < 1.29 is 9.53 Å². The lowest BCUT2D eigenvalue weighted by Gasteiger charge is -2.26. The molecule has 0 aliphatic carbocycles. The number of ether oxygens (including phenoxy) is 1. The molecule has 0 atom stereocenters. The third kappa shape index (κ3) is 5.54. The Hall–Kier alpha value is -1.55. The van der Waals surface area contributed by atoms with Gasteiger partial charge in [0.25, 0.3) is 5.91 Å². The number of carbonyl (C=O) groups is 1. The third-order valence-electron chi connectivity index (χ3n) is 3.21. The monoisotopic (exact) mass is 351 g/mol. The lowest BCUT2D eigenvalue weighted by atomic mass is 10.1. The Labute approximate surface area is 146 Å². The van der Waals surface area contributed by atoms with Crippen molar-refractivity contribution in [3.63, 3.8) is 0 Å². The Kier molecular flexibility index (Phi) is 6.05. The van der Waals surface area contributed by atoms with Crippen LogP contribution < -0.4 is 5.32 Å². The zero-order valence-corrected chi connectivity index (χ0v) is 14.6. The first kappa shape index (κ1) is 17.8. The topological polar surface area (TPSA) is 38.3 Å². The van der Waals surface area contributed by atoms with E-state index in [4.69, 9.17) is 27.9 Å². The first-order valence-corrected chi connectivity index (χ1v) is 8.02. The molecule has 0 bridgehead atoms. The third-order valence-corrected chi connectivity index (χ3v) is 3.95. The van der Waals surface area contributed by atoms with Crippen molar-refractivity contribution in [2.75, 3.05) is 6.61 Å². The molecule has 0 spiro atoms. The Bertz CT molecular complexity index is 672. The highest BCUT2D eigenvalue weighted by Crippen LogP contribution is 2.22. The van der Waals surface area contributed by atoms with Crippen LogP contribution in [0.1, 0.15) is 29.8 Å². The van der Waals surface area contributed by atoms with Gasteiger partial charge < -0.3 is 10.1 Å². The number of carbonyl (C=O) groups excluding carboxylic acids is 1. The summed E-state index contributed by atoms with van der Waals surface area (Å²) in [6, 6.07) is 14.7. The summed E-state index contributed by atoms with van der Waals surface area (Å²) in [5, 5.41) is 3.72. The van der Waals surface area contributed by atoms with E-state index in [1.54, 1.807) is 18.2 Å². The van der Waals surface area contributed by atoms with Gasteiger partial charge in [-0.15, -0.1) is 0 Å². The van der Waals surface area contributed by atoms with Crippen LogP contribution in [0.4, 0.5) is 0 Å². The molecule has 122 valence electrons. The fourth-order valence-electron chi connectivity index (χ4n) is 2.05. The van der Waals surface area contributed by atoms with E-state index in [9.17, 15) is 4.79 Å². The van der Waals surface area contributed by atoms with Crippen LogP contribution in [0.2, 0.25) is 10.0 Å². The molecule has 2 aromatic carbocycles. The molecule has 0 fully saturated rings. The fourth-order valence-corrected chi connectivity index (χ4v) is 2.35. The molecular formula is C18H19Cl2NO2. The summed E-state index contributed by atoms with van der Waals surface area (Å²) in [5.41, 5.74) is 1.06. The molecule has 2 aromatic rings. The van der Waals surface area contributed by atoms with Gasteiger partial charge in [-0.1, -0.05) is 53.5 Å². The second kappa shape index (κ2) is 7.82. The van der Waals surface area contributed by atoms with Crippen LogP contribution in [0.25, 0.3) is 0 Å². The van der Waals surface area contributed by atoms with Crippen molar-refractivity contribution in [2.24, 2.45) is 0 Å². The molecule has 1 amide bonds. The average molecular weight is 352 g/mol. The molecule has 23 heavy (non-hydrogen) atoms. The summed E-state index contributed by atoms with van der Waals surface area (Å²) in [6.45, 7) is 4.72. The molecule has 0 aliphatic heterocycles. The maximum atomic E-state index is 12.3. The van der Waals surface area contributed by atoms with E-state index < -0.39 is 5.54 Å². The SMILES string of the molecule is CC(C)(COCc1ccccc1)NC(=O)c1ccc(Cl)c(Cl)c1. The zero-order valence-electron chi connectivity index (χ0n) is 13.1. The van der Waals surface area contributed by atoms with Crippen molar-refractivity contribution >= 4 is 29.1 Å². The van der Waals surface area contributed by atoms with Gasteiger partial charge in [0.1, 0.15) is 0 Å². The van der Waals surface area contributed by atoms with Gasteiger partial charge in [0, 0.05) is 5.56 Å². The van der Waals surface area contributed by atoms with Crippen LogP contribution in [-0.4, -0.2) is 18.1 Å². The van der Waals surface area contributed by atoms with Gasteiger partial charge in [-0.3, -0.25) is 4.79 Å². The molecule has 0 saturated heterocycles. The summed E-state index contributed by atoms with van der Waals surface area (Å²) in [6.07, 6.45) is 0. The predicted octanol–water partition coefficient (Wildman–Crippen LogP) is 4.72. The number of amides is 1. The fraction of sp³-hybridized carbons (Fsp3) is 0.278. The number of hydrogen-bond donors (Lipinski definition) is 1. The molecule has 0 radical (unpaired) electrons. The molecule has 3 nitrogen and oxygen atoms in total. The van der Waals surface area contributed by atoms with Gasteiger partial charge in [0.15, 0.2) is 0 Å². The summed E-state index contributed by atoms with van der Waals surface area (Å²) in [7, 11) is 0. The van der Waals surface area contributed by atoms with Crippen molar-refractivity contribution in [1.29, 1.82) is 0 Å². The molecule has 2 rings (SSSR count). The van der Waals surface area contributed by atoms with Gasteiger partial charge in [-0.2, -0.15) is 0 Å². The zero-order chi connectivity index (χ0) is 16.9. The van der Waals surface area contributed by atoms with Crippen molar-refractivity contribution in [3.8, 4) is 0 Å². The summed E-state index contributed by atoms with van der Waals surface area (Å²) < 4.78 is 5.70. The van der Waals surface area contributed by atoms with E-state index in [1.165, 1.54) is 0 Å². The minimum Gasteiger partial charge on any atom is -0.374 e. The van der Waals surface area contributed by atoms with E-state index in [-0.39, 0.29) is 5.91 Å². The van der Waals surface area contributed by atoms with Crippen molar-refractivity contribution in [3.05, 3.63) is 69.7 Å². The molecule has 0 heterocycles. The van der Waals surface area contributed by atoms with E-state index in [1.807, 2.05) is 44.2 Å². The van der Waals surface area contributed by atoms with E-state index in [2.05, 4.69) is 5.32 Å². The van der Waals surface area contributed by atoms with Gasteiger partial charge in [0.2, 0.25) is 0 Å². The smallest absolute Gasteiger partial charge is 0.251 e. The molecule has 1 N–H and O–H groups in total. The standard InChI is InChI=1S/C18H19Cl2NO2/c1-18(2,12-23-11-13-6-4-3-5-7-13)21-17(22)14-8-9-15(19)16(20)10-14/h3-10H,11-12H2,1-2H3,(H,21,22). The minimum absolute atomic E-state index is 0.211. The number of nitrogens with one attached hydrogen (secondary N) is 1. The van der Waals surface area contributed by atoms with Crippen LogP contribution in [0.3, 0.4) is 0 Å². The Morgan fingerprint density at radius 1 is 1.09 bits per heavy atom. The van der Waals surface area contributed by atoms with Gasteiger partial charge in [-0.05, 0) is 37.6 Å². The van der Waals surface area contributed by atoms with Crippen LogP contribution in [0.15, 0.2) is 48.5 Å². The molecule has 0 aromatic heterocycles. The lowest BCUT2D eigenvalue weighted by Crippen LogP contribution is -2.47. The van der Waals surface area contributed by atoms with E-state index in [0.29, 0.717) is 28.8 Å². The number of halogens is 2. The molecule has 0 saturated carbocycles. The highest BCUT2D eigenvalue weighted by Gasteiger charge is 2.22. The largest absolute Gasteiger partial charge is 0.374 e. The normalized spacial score (nSPS) is 11.3. The maximum absolute atomic E-state index is 12.3. The van der Waals surface area contributed by atoms with Crippen LogP contribution in [-0.2, 0) is 11.3 Å². The highest BCUT2D eigenvalue weighted by atomic mass is 35.5. The van der Waals surface area contributed by atoms with Gasteiger partial charge in [-0.25, -0.2) is 0 Å². The molecular weight excluding hydrogens is 333 g/mol. The Morgan fingerprint density at radius 3 is 2.43 bits per heavy atom. The van der Waals surface area contributed by atoms with Gasteiger partial charge in [0.05, 0.1) is 28.8 Å². The van der Waals surface area contributed by atoms with E-state index in [0.717, 1.165) is 5.56 Å². The summed E-state index contributed by atoms with van der Waals surface area (Å²) >= 11 is 11.8. The number of benzene rings is 2. The van der Waals surface area contributed by atoms with Crippen molar-refractivity contribution in [2.45, 2.75) is 26.0 Å². The quantitative estimate of drug-likeness (QED) is 0.817. The first-order chi connectivity index (χ1) is 10.9. The second-order valence-electron chi connectivity index (χ2n) is 5.95. The summed E-state index contributed by atoms with van der Waals surface area (Å²) in [5.74, 6) is -0.211. The number of rotatable bonds is 6. The number of hydrogen-bond acceptors (Lipinski definition) is 2. The molecule has 0 unspecified atom stereocenters.